The maximum Gasteiger partial charge on any atom is 0.0361 e. The van der Waals surface area contributed by atoms with Gasteiger partial charge < -0.3 is 5.32 Å². The summed E-state index contributed by atoms with van der Waals surface area (Å²) in [5.41, 5.74) is 7.11. The van der Waals surface area contributed by atoms with E-state index in [0.717, 1.165) is 18.9 Å². The van der Waals surface area contributed by atoms with Gasteiger partial charge in [0.05, 0.1) is 0 Å². The fourth-order valence-electron chi connectivity index (χ4n) is 6.66. The zero-order valence-electron chi connectivity index (χ0n) is 21.8. The van der Waals surface area contributed by atoms with Crippen molar-refractivity contribution in [2.75, 3.05) is 13.1 Å². The van der Waals surface area contributed by atoms with Crippen LogP contribution >= 0.6 is 24.8 Å². The predicted molar refractivity (Wildman–Crippen MR) is 164 cm³/mol. The third-order valence-electron chi connectivity index (χ3n) is 8.38. The van der Waals surface area contributed by atoms with Gasteiger partial charge in [-0.2, -0.15) is 0 Å². The minimum Gasteiger partial charge on any atom is -0.308 e. The van der Waals surface area contributed by atoms with Gasteiger partial charge in [-0.25, -0.2) is 0 Å². The zero-order chi connectivity index (χ0) is 24.2. The van der Waals surface area contributed by atoms with Gasteiger partial charge in [0, 0.05) is 24.5 Å². The molecule has 2 nitrogen and oxygen atoms in total. The predicted octanol–water partition coefficient (Wildman–Crippen LogP) is 7.51. The van der Waals surface area contributed by atoms with E-state index >= 15 is 0 Å². The minimum absolute atomic E-state index is 0. The summed E-state index contributed by atoms with van der Waals surface area (Å²) in [4.78, 5) is 2.79. The Hall–Kier alpha value is -2.62. The third-order valence-corrected chi connectivity index (χ3v) is 8.38. The Bertz CT molecular complexity index is 1240. The summed E-state index contributed by atoms with van der Waals surface area (Å²) in [6.07, 6.45) is 3.57. The van der Waals surface area contributed by atoms with Crippen LogP contribution in [0.3, 0.4) is 0 Å². The Balaban J connectivity index is 0.00000168. The van der Waals surface area contributed by atoms with E-state index in [0.29, 0.717) is 18.0 Å². The van der Waals surface area contributed by atoms with Crippen LogP contribution in [-0.4, -0.2) is 30.1 Å². The smallest absolute Gasteiger partial charge is 0.0361 e. The van der Waals surface area contributed by atoms with E-state index in [1.54, 1.807) is 0 Å². The Kier molecular flexibility index (Phi) is 10.0. The standard InChI is InChI=1S/C34H36N2.2ClH/c1-4-12-26(13-5-1)24-30-18-10-11-19-31(30)32(28-16-8-3-9-17-28)34-33(29-20-22-36(34)23-21-29)35-25-27-14-6-2-7-15-27;;/h1-19,29,32-35H,20-25H2;2*1H/t32?,33-,34+;;/m1../s1. The lowest BCUT2D eigenvalue weighted by Gasteiger charge is -2.54. The van der Waals surface area contributed by atoms with Gasteiger partial charge >= 0.3 is 0 Å². The van der Waals surface area contributed by atoms with E-state index in [2.05, 4.69) is 125 Å². The molecule has 1 N–H and O–H groups in total. The molecule has 3 heterocycles. The normalized spacial score (nSPS) is 22.6. The molecule has 3 fully saturated rings. The SMILES string of the molecule is Cl.Cl.c1ccc(CN[C@@H]2C3CCN(CC3)[C@H]2C(c2ccccc2)c2ccccc2Cc2ccccc2)cc1. The lowest BCUT2D eigenvalue weighted by atomic mass is 9.69. The van der Waals surface area contributed by atoms with E-state index in [1.807, 2.05) is 0 Å². The van der Waals surface area contributed by atoms with E-state index in [9.17, 15) is 0 Å². The maximum absolute atomic E-state index is 4.07. The van der Waals surface area contributed by atoms with Crippen LogP contribution < -0.4 is 5.32 Å². The Morgan fingerprint density at radius 1 is 0.658 bits per heavy atom. The molecule has 3 aliphatic rings. The van der Waals surface area contributed by atoms with Gasteiger partial charge in [-0.05, 0) is 66.1 Å². The first kappa shape index (κ1) is 28.4. The summed E-state index contributed by atoms with van der Waals surface area (Å²) in [7, 11) is 0. The van der Waals surface area contributed by atoms with Crippen LogP contribution in [0.1, 0.15) is 46.6 Å². The molecule has 0 aliphatic carbocycles. The number of fused-ring (bicyclic) bond motifs is 3. The van der Waals surface area contributed by atoms with Crippen LogP contribution in [0.25, 0.3) is 0 Å². The molecule has 4 aromatic rings. The molecule has 2 bridgehead atoms. The molecule has 3 saturated heterocycles. The fourth-order valence-corrected chi connectivity index (χ4v) is 6.66. The number of piperidine rings is 3. The molecule has 4 heteroatoms. The van der Waals surface area contributed by atoms with Gasteiger partial charge in [0.25, 0.3) is 0 Å². The van der Waals surface area contributed by atoms with E-state index in [-0.39, 0.29) is 24.8 Å². The van der Waals surface area contributed by atoms with Gasteiger partial charge in [-0.1, -0.05) is 115 Å². The van der Waals surface area contributed by atoms with Crippen molar-refractivity contribution in [3.63, 3.8) is 0 Å². The summed E-state index contributed by atoms with van der Waals surface area (Å²) in [5.74, 6) is 1.07. The molecule has 0 aromatic heterocycles. The molecule has 0 spiro atoms. The Morgan fingerprint density at radius 3 is 1.87 bits per heavy atom. The summed E-state index contributed by atoms with van der Waals surface area (Å²) in [5, 5.41) is 4.07. The zero-order valence-corrected chi connectivity index (χ0v) is 23.4. The number of nitrogens with zero attached hydrogens (tertiary/aromatic N) is 1. The van der Waals surface area contributed by atoms with Gasteiger partial charge in [0.1, 0.15) is 0 Å². The average molecular weight is 546 g/mol. The first-order chi connectivity index (χ1) is 17.9. The van der Waals surface area contributed by atoms with Gasteiger partial charge in [-0.15, -0.1) is 24.8 Å². The largest absolute Gasteiger partial charge is 0.308 e. The highest BCUT2D eigenvalue weighted by Gasteiger charge is 2.46. The quantitative estimate of drug-likeness (QED) is 0.247. The maximum atomic E-state index is 4.07. The molecule has 0 saturated carbocycles. The highest BCUT2D eigenvalue weighted by Crippen LogP contribution is 2.43. The lowest BCUT2D eigenvalue weighted by Crippen LogP contribution is -2.64. The number of rotatable bonds is 8. The van der Waals surface area contributed by atoms with Crippen molar-refractivity contribution in [3.8, 4) is 0 Å². The van der Waals surface area contributed by atoms with Crippen LogP contribution in [0.15, 0.2) is 115 Å². The van der Waals surface area contributed by atoms with Crippen LogP contribution in [0.5, 0.6) is 0 Å². The van der Waals surface area contributed by atoms with E-state index in [4.69, 9.17) is 0 Å². The second-order valence-electron chi connectivity index (χ2n) is 10.5. The highest BCUT2D eigenvalue weighted by molar-refractivity contribution is 5.85. The number of hydrogen-bond donors (Lipinski definition) is 1. The van der Waals surface area contributed by atoms with Crippen LogP contribution in [0, 0.1) is 5.92 Å². The molecule has 0 radical (unpaired) electrons. The van der Waals surface area contributed by atoms with Crippen molar-refractivity contribution in [1.82, 2.24) is 10.2 Å². The summed E-state index contributed by atoms with van der Waals surface area (Å²) in [6, 6.07) is 43.2. The first-order valence-electron chi connectivity index (χ1n) is 13.5. The number of nitrogens with one attached hydrogen (secondary N) is 1. The van der Waals surface area contributed by atoms with Crippen LogP contribution in [0.4, 0.5) is 0 Å². The van der Waals surface area contributed by atoms with Gasteiger partial charge in [0.2, 0.25) is 0 Å². The molecule has 3 aliphatic heterocycles. The molecule has 0 amide bonds. The lowest BCUT2D eigenvalue weighted by molar-refractivity contribution is 0.00458. The van der Waals surface area contributed by atoms with Gasteiger partial charge in [-0.3, -0.25) is 4.90 Å². The number of hydrogen-bond acceptors (Lipinski definition) is 2. The molecule has 198 valence electrons. The van der Waals surface area contributed by atoms with Crippen LogP contribution in [-0.2, 0) is 13.0 Å². The molecule has 3 atom stereocenters. The first-order valence-corrected chi connectivity index (χ1v) is 13.5. The average Bonchev–Trinajstić information content (AvgIpc) is 2.96. The number of benzene rings is 4. The van der Waals surface area contributed by atoms with Crippen LogP contribution in [0.2, 0.25) is 0 Å². The summed E-state index contributed by atoms with van der Waals surface area (Å²) >= 11 is 0. The van der Waals surface area contributed by atoms with E-state index in [1.165, 1.54) is 53.7 Å². The highest BCUT2D eigenvalue weighted by atomic mass is 35.5. The number of halogens is 2. The van der Waals surface area contributed by atoms with Crippen molar-refractivity contribution >= 4 is 24.8 Å². The van der Waals surface area contributed by atoms with E-state index < -0.39 is 0 Å². The Labute approximate surface area is 240 Å². The second-order valence-corrected chi connectivity index (χ2v) is 10.5. The van der Waals surface area contributed by atoms with Crippen molar-refractivity contribution in [2.45, 2.75) is 43.8 Å². The third kappa shape index (κ3) is 6.16. The Morgan fingerprint density at radius 2 is 1.21 bits per heavy atom. The van der Waals surface area contributed by atoms with Crippen molar-refractivity contribution in [3.05, 3.63) is 143 Å². The minimum atomic E-state index is 0. The monoisotopic (exact) mass is 544 g/mol. The van der Waals surface area contributed by atoms with Crippen molar-refractivity contribution in [1.29, 1.82) is 0 Å². The van der Waals surface area contributed by atoms with Crippen molar-refractivity contribution < 1.29 is 0 Å². The molecule has 4 aromatic carbocycles. The molecular formula is C34H38Cl2N2. The molecule has 1 unspecified atom stereocenters. The molecule has 38 heavy (non-hydrogen) atoms. The summed E-state index contributed by atoms with van der Waals surface area (Å²) in [6.45, 7) is 3.35. The van der Waals surface area contributed by atoms with Gasteiger partial charge in [0.15, 0.2) is 0 Å². The topological polar surface area (TPSA) is 15.3 Å². The fraction of sp³-hybridized carbons (Fsp3) is 0.294. The molecular weight excluding hydrogens is 507 g/mol. The summed E-state index contributed by atoms with van der Waals surface area (Å²) < 4.78 is 0. The van der Waals surface area contributed by atoms with Crippen molar-refractivity contribution in [2.24, 2.45) is 5.92 Å². The second kappa shape index (κ2) is 13.4. The molecule has 7 rings (SSSR count).